The van der Waals surface area contributed by atoms with Crippen molar-refractivity contribution in [2.75, 3.05) is 5.88 Å². The molecule has 0 aromatic heterocycles. The van der Waals surface area contributed by atoms with Crippen LogP contribution in [0.1, 0.15) is 34.3 Å². The normalized spacial score (nSPS) is 11.9. The third kappa shape index (κ3) is 3.41. The van der Waals surface area contributed by atoms with Crippen molar-refractivity contribution in [2.24, 2.45) is 0 Å². The summed E-state index contributed by atoms with van der Waals surface area (Å²) in [6, 6.07) is 1.87. The van der Waals surface area contributed by atoms with Crippen LogP contribution < -0.4 is 0 Å². The zero-order valence-corrected chi connectivity index (χ0v) is 9.66. The highest BCUT2D eigenvalue weighted by Gasteiger charge is 2.35. The van der Waals surface area contributed by atoms with E-state index in [9.17, 15) is 26.7 Å². The van der Waals surface area contributed by atoms with E-state index in [1.165, 1.54) is 0 Å². The van der Waals surface area contributed by atoms with Crippen LogP contribution in [0.5, 0.6) is 0 Å². The van der Waals surface area contributed by atoms with Gasteiger partial charge in [0.2, 0.25) is 0 Å². The van der Waals surface area contributed by atoms with Gasteiger partial charge in [-0.1, -0.05) is 12.1 Å². The summed E-state index contributed by atoms with van der Waals surface area (Å²) >= 11 is 5.27. The lowest BCUT2D eigenvalue weighted by molar-refractivity contribution is -0.138. The Hall–Kier alpha value is -1.17. The van der Waals surface area contributed by atoms with Crippen LogP contribution in [-0.2, 0) is 6.18 Å². The minimum absolute atomic E-state index is 0.132. The number of alkyl halides is 6. The van der Waals surface area contributed by atoms with Gasteiger partial charge in [-0.2, -0.15) is 13.2 Å². The predicted octanol–water partition coefficient (Wildman–Crippen LogP) is 4.45. The highest BCUT2D eigenvalue weighted by Crippen LogP contribution is 2.35. The first-order valence-electron chi connectivity index (χ1n) is 4.86. The van der Waals surface area contributed by atoms with Gasteiger partial charge in [-0.25, -0.2) is 8.78 Å². The largest absolute Gasteiger partial charge is 0.417 e. The fraction of sp³-hybridized carbons (Fsp3) is 0.364. The first kappa shape index (κ1) is 14.9. The van der Waals surface area contributed by atoms with E-state index in [1.807, 2.05) is 0 Å². The minimum Gasteiger partial charge on any atom is -0.294 e. The van der Waals surface area contributed by atoms with Gasteiger partial charge >= 0.3 is 6.18 Å². The van der Waals surface area contributed by atoms with Crippen molar-refractivity contribution in [3.63, 3.8) is 0 Å². The molecule has 0 atom stereocenters. The summed E-state index contributed by atoms with van der Waals surface area (Å²) in [4.78, 5) is 11.4. The molecule has 0 N–H and O–H groups in total. The summed E-state index contributed by atoms with van der Waals surface area (Å²) in [7, 11) is 0. The molecule has 1 nitrogen and oxygen atoms in total. The average Bonchev–Trinajstić information content (AvgIpc) is 2.27. The number of hydrogen-bond acceptors (Lipinski definition) is 1. The van der Waals surface area contributed by atoms with E-state index in [-0.39, 0.29) is 12.3 Å². The monoisotopic (exact) mass is 286 g/mol. The molecule has 0 heterocycles. The van der Waals surface area contributed by atoms with E-state index in [0.717, 1.165) is 12.1 Å². The molecule has 0 saturated heterocycles. The lowest BCUT2D eigenvalue weighted by atomic mass is 9.99. The Kier molecular flexibility index (Phi) is 4.67. The molecular formula is C11H8ClF5O. The van der Waals surface area contributed by atoms with E-state index in [1.54, 1.807) is 0 Å². The highest BCUT2D eigenvalue weighted by molar-refractivity contribution is 6.19. The van der Waals surface area contributed by atoms with Crippen LogP contribution >= 0.6 is 11.6 Å². The fourth-order valence-corrected chi connectivity index (χ4v) is 1.57. The molecule has 0 radical (unpaired) electrons. The van der Waals surface area contributed by atoms with Gasteiger partial charge in [-0.3, -0.25) is 4.79 Å². The Labute approximate surface area is 105 Å². The van der Waals surface area contributed by atoms with Crippen LogP contribution in [0.2, 0.25) is 0 Å². The molecule has 1 rings (SSSR count). The number of carbonyl (C=O) groups is 1. The molecule has 0 spiro atoms. The van der Waals surface area contributed by atoms with E-state index < -0.39 is 35.1 Å². The second kappa shape index (κ2) is 5.65. The molecule has 0 aliphatic heterocycles. The van der Waals surface area contributed by atoms with Crippen molar-refractivity contribution in [3.8, 4) is 0 Å². The minimum atomic E-state index is -4.86. The Morgan fingerprint density at radius 1 is 1.28 bits per heavy atom. The first-order chi connectivity index (χ1) is 8.27. The van der Waals surface area contributed by atoms with Crippen molar-refractivity contribution in [1.82, 2.24) is 0 Å². The van der Waals surface area contributed by atoms with E-state index in [4.69, 9.17) is 11.6 Å². The standard InChI is InChI=1S/C11H8ClF5O/c12-4-3-9(18)7-2-1-6(10(13)14)5-8(7)11(15,16)17/h1-2,5,10H,3-4H2. The quantitative estimate of drug-likeness (QED) is 0.454. The molecule has 7 heteroatoms. The fourth-order valence-electron chi connectivity index (χ4n) is 1.40. The molecule has 0 amide bonds. The van der Waals surface area contributed by atoms with Crippen molar-refractivity contribution >= 4 is 17.4 Å². The highest BCUT2D eigenvalue weighted by atomic mass is 35.5. The third-order valence-electron chi connectivity index (χ3n) is 2.22. The van der Waals surface area contributed by atoms with Crippen LogP contribution in [0, 0.1) is 0 Å². The molecule has 0 unspecified atom stereocenters. The molecule has 1 aromatic carbocycles. The van der Waals surface area contributed by atoms with E-state index in [0.29, 0.717) is 6.07 Å². The van der Waals surface area contributed by atoms with Crippen LogP contribution in [0.15, 0.2) is 18.2 Å². The van der Waals surface area contributed by atoms with Crippen LogP contribution in [0.4, 0.5) is 22.0 Å². The predicted molar refractivity (Wildman–Crippen MR) is 56.1 cm³/mol. The number of benzene rings is 1. The number of rotatable bonds is 4. The summed E-state index contributed by atoms with van der Waals surface area (Å²) in [6.07, 6.45) is -8.16. The van der Waals surface area contributed by atoms with Crippen molar-refractivity contribution in [3.05, 3.63) is 34.9 Å². The van der Waals surface area contributed by atoms with Crippen molar-refractivity contribution in [2.45, 2.75) is 19.0 Å². The van der Waals surface area contributed by atoms with Crippen molar-refractivity contribution in [1.29, 1.82) is 0 Å². The van der Waals surface area contributed by atoms with Gasteiger partial charge in [0, 0.05) is 23.4 Å². The summed E-state index contributed by atoms with van der Waals surface area (Å²) < 4.78 is 62.7. The number of ketones is 1. The third-order valence-corrected chi connectivity index (χ3v) is 2.41. The summed E-state index contributed by atoms with van der Waals surface area (Å²) in [5, 5.41) is 0. The maximum atomic E-state index is 12.7. The molecule has 0 aliphatic carbocycles. The average molecular weight is 287 g/mol. The Balaban J connectivity index is 3.30. The summed E-state index contributed by atoms with van der Waals surface area (Å²) in [5.41, 5.74) is -2.76. The summed E-state index contributed by atoms with van der Waals surface area (Å²) in [5.74, 6) is -0.953. The van der Waals surface area contributed by atoms with Gasteiger partial charge in [0.15, 0.2) is 5.78 Å². The molecule has 0 saturated carbocycles. The molecule has 0 bridgehead atoms. The lowest BCUT2D eigenvalue weighted by Crippen LogP contribution is -2.14. The number of carbonyl (C=O) groups excluding carboxylic acids is 1. The van der Waals surface area contributed by atoms with Gasteiger partial charge < -0.3 is 0 Å². The van der Waals surface area contributed by atoms with Crippen LogP contribution in [-0.4, -0.2) is 11.7 Å². The zero-order valence-electron chi connectivity index (χ0n) is 8.90. The number of hydrogen-bond donors (Lipinski definition) is 0. The maximum absolute atomic E-state index is 12.7. The topological polar surface area (TPSA) is 17.1 Å². The van der Waals surface area contributed by atoms with Gasteiger partial charge in [-0.05, 0) is 6.07 Å². The Morgan fingerprint density at radius 2 is 1.89 bits per heavy atom. The first-order valence-corrected chi connectivity index (χ1v) is 5.39. The van der Waals surface area contributed by atoms with E-state index in [2.05, 4.69) is 0 Å². The van der Waals surface area contributed by atoms with Gasteiger partial charge in [0.1, 0.15) is 0 Å². The molecule has 18 heavy (non-hydrogen) atoms. The second-order valence-corrected chi connectivity index (χ2v) is 3.84. The molecule has 1 aromatic rings. The molecular weight excluding hydrogens is 279 g/mol. The smallest absolute Gasteiger partial charge is 0.294 e. The van der Waals surface area contributed by atoms with E-state index >= 15 is 0 Å². The van der Waals surface area contributed by atoms with Gasteiger partial charge in [0.05, 0.1) is 5.56 Å². The van der Waals surface area contributed by atoms with Crippen LogP contribution in [0.3, 0.4) is 0 Å². The maximum Gasteiger partial charge on any atom is 0.417 e. The number of Topliss-reactive ketones (excluding diaryl/α,β-unsaturated/α-hetero) is 1. The van der Waals surface area contributed by atoms with Gasteiger partial charge in [0.25, 0.3) is 6.43 Å². The molecule has 0 fully saturated rings. The van der Waals surface area contributed by atoms with Crippen molar-refractivity contribution < 1.29 is 26.7 Å². The number of halogens is 6. The molecule has 100 valence electrons. The zero-order chi connectivity index (χ0) is 13.9. The Morgan fingerprint density at radius 3 is 2.33 bits per heavy atom. The second-order valence-electron chi connectivity index (χ2n) is 3.47. The SMILES string of the molecule is O=C(CCCl)c1ccc(C(F)F)cc1C(F)(F)F. The van der Waals surface area contributed by atoms with Crippen LogP contribution in [0.25, 0.3) is 0 Å². The van der Waals surface area contributed by atoms with Gasteiger partial charge in [-0.15, -0.1) is 11.6 Å². The lowest BCUT2D eigenvalue weighted by Gasteiger charge is -2.13. The Bertz CT molecular complexity index is 442. The summed E-state index contributed by atoms with van der Waals surface area (Å²) in [6.45, 7) is 0. The molecule has 0 aliphatic rings.